The van der Waals surface area contributed by atoms with E-state index in [0.717, 1.165) is 4.88 Å². The zero-order chi connectivity index (χ0) is 12.5. The fraction of sp³-hybridized carbons (Fsp3) is 0.700. The number of rotatable bonds is 2. The smallest absolute Gasteiger partial charge is 0.347 e. The van der Waals surface area contributed by atoms with Crippen LogP contribution in [0.25, 0.3) is 0 Å². The van der Waals surface area contributed by atoms with Crippen molar-refractivity contribution < 1.29 is 13.2 Å². The molecule has 1 unspecified atom stereocenters. The van der Waals surface area contributed by atoms with Gasteiger partial charge in [-0.3, -0.25) is 0 Å². The van der Waals surface area contributed by atoms with Gasteiger partial charge in [0.1, 0.15) is 0 Å². The molecule has 0 aromatic carbocycles. The van der Waals surface area contributed by atoms with Gasteiger partial charge in [-0.15, -0.1) is 11.3 Å². The molecule has 0 bridgehead atoms. The van der Waals surface area contributed by atoms with E-state index in [4.69, 9.17) is 5.73 Å². The highest BCUT2D eigenvalue weighted by molar-refractivity contribution is 7.15. The van der Waals surface area contributed by atoms with Crippen LogP contribution in [0.4, 0.5) is 18.3 Å². The summed E-state index contributed by atoms with van der Waals surface area (Å²) in [6.45, 7) is 1.04. The van der Waals surface area contributed by atoms with Crippen molar-refractivity contribution in [1.82, 2.24) is 4.98 Å². The molecule has 2 heterocycles. The van der Waals surface area contributed by atoms with Crippen molar-refractivity contribution >= 4 is 16.5 Å². The third-order valence-corrected chi connectivity index (χ3v) is 3.98. The van der Waals surface area contributed by atoms with Crippen LogP contribution in [0.15, 0.2) is 6.20 Å². The summed E-state index contributed by atoms with van der Waals surface area (Å²) in [5, 5.41) is 0.652. The SMILES string of the molecule is NCc1cnc(N2CCCC(C(F)(F)F)C2)s1. The van der Waals surface area contributed by atoms with Crippen LogP contribution < -0.4 is 10.6 Å². The van der Waals surface area contributed by atoms with Crippen LogP contribution in [-0.4, -0.2) is 24.2 Å². The van der Waals surface area contributed by atoms with Crippen LogP contribution in [0, 0.1) is 5.92 Å². The Balaban J connectivity index is 2.06. The first-order valence-electron chi connectivity index (χ1n) is 5.47. The highest BCUT2D eigenvalue weighted by Gasteiger charge is 2.42. The third kappa shape index (κ3) is 2.90. The van der Waals surface area contributed by atoms with E-state index in [1.54, 1.807) is 11.1 Å². The Kier molecular flexibility index (Phi) is 3.58. The van der Waals surface area contributed by atoms with Crippen molar-refractivity contribution in [1.29, 1.82) is 0 Å². The Morgan fingerprint density at radius 3 is 2.88 bits per heavy atom. The number of anilines is 1. The Morgan fingerprint density at radius 2 is 2.29 bits per heavy atom. The summed E-state index contributed by atoms with van der Waals surface area (Å²) in [7, 11) is 0. The number of hydrogen-bond acceptors (Lipinski definition) is 4. The zero-order valence-electron chi connectivity index (χ0n) is 9.20. The first-order valence-corrected chi connectivity index (χ1v) is 6.29. The monoisotopic (exact) mass is 265 g/mol. The van der Waals surface area contributed by atoms with Crippen LogP contribution in [0.3, 0.4) is 0 Å². The molecule has 0 saturated carbocycles. The second-order valence-electron chi connectivity index (χ2n) is 4.14. The molecule has 2 N–H and O–H groups in total. The Hall–Kier alpha value is -0.820. The van der Waals surface area contributed by atoms with Crippen molar-refractivity contribution in [2.75, 3.05) is 18.0 Å². The summed E-state index contributed by atoms with van der Waals surface area (Å²) >= 11 is 1.37. The number of nitrogens with two attached hydrogens (primary N) is 1. The predicted molar refractivity (Wildman–Crippen MR) is 61.0 cm³/mol. The highest BCUT2D eigenvalue weighted by atomic mass is 32.1. The van der Waals surface area contributed by atoms with Gasteiger partial charge in [0.15, 0.2) is 5.13 Å². The first kappa shape index (κ1) is 12.6. The topological polar surface area (TPSA) is 42.1 Å². The van der Waals surface area contributed by atoms with Gasteiger partial charge in [-0.2, -0.15) is 13.2 Å². The number of halogens is 3. The molecular weight excluding hydrogens is 251 g/mol. The second kappa shape index (κ2) is 4.81. The summed E-state index contributed by atoms with van der Waals surface area (Å²) < 4.78 is 37.9. The quantitative estimate of drug-likeness (QED) is 0.892. The van der Waals surface area contributed by atoms with Crippen molar-refractivity contribution in [2.24, 2.45) is 11.7 Å². The molecule has 1 aliphatic rings. The molecule has 1 aromatic heterocycles. The number of hydrogen-bond donors (Lipinski definition) is 1. The largest absolute Gasteiger partial charge is 0.393 e. The summed E-state index contributed by atoms with van der Waals surface area (Å²) in [6.07, 6.45) is -1.69. The fourth-order valence-electron chi connectivity index (χ4n) is 1.96. The van der Waals surface area contributed by atoms with Crippen LogP contribution in [0.5, 0.6) is 0 Å². The second-order valence-corrected chi connectivity index (χ2v) is 5.23. The molecule has 0 radical (unpaired) electrons. The molecule has 0 aliphatic carbocycles. The van der Waals surface area contributed by atoms with E-state index >= 15 is 0 Å². The van der Waals surface area contributed by atoms with Crippen molar-refractivity contribution in [3.8, 4) is 0 Å². The lowest BCUT2D eigenvalue weighted by molar-refractivity contribution is -0.175. The van der Waals surface area contributed by atoms with Crippen LogP contribution >= 0.6 is 11.3 Å². The lowest BCUT2D eigenvalue weighted by Gasteiger charge is -2.33. The van der Waals surface area contributed by atoms with Gasteiger partial charge in [0.05, 0.1) is 5.92 Å². The van der Waals surface area contributed by atoms with Gasteiger partial charge in [-0.1, -0.05) is 0 Å². The molecule has 0 spiro atoms. The maximum Gasteiger partial charge on any atom is 0.393 e. The molecule has 17 heavy (non-hydrogen) atoms. The summed E-state index contributed by atoms with van der Waals surface area (Å²) in [6, 6.07) is 0. The van der Waals surface area contributed by atoms with Gasteiger partial charge < -0.3 is 10.6 Å². The average molecular weight is 265 g/mol. The lowest BCUT2D eigenvalue weighted by Crippen LogP contribution is -2.41. The van der Waals surface area contributed by atoms with Gasteiger partial charge in [-0.05, 0) is 12.8 Å². The maximum absolute atomic E-state index is 12.6. The molecule has 96 valence electrons. The van der Waals surface area contributed by atoms with E-state index in [2.05, 4.69) is 4.98 Å². The lowest BCUT2D eigenvalue weighted by atomic mass is 9.98. The molecule has 1 atom stereocenters. The van der Waals surface area contributed by atoms with Gasteiger partial charge in [0, 0.05) is 30.7 Å². The van der Waals surface area contributed by atoms with Gasteiger partial charge >= 0.3 is 6.18 Å². The Labute approximate surface area is 101 Å². The van der Waals surface area contributed by atoms with Crippen LogP contribution in [0.1, 0.15) is 17.7 Å². The normalized spacial score (nSPS) is 21.9. The molecule has 1 fully saturated rings. The van der Waals surface area contributed by atoms with Crippen molar-refractivity contribution in [3.05, 3.63) is 11.1 Å². The number of alkyl halides is 3. The minimum atomic E-state index is -4.10. The zero-order valence-corrected chi connectivity index (χ0v) is 10.0. The third-order valence-electron chi connectivity index (χ3n) is 2.90. The van der Waals surface area contributed by atoms with Crippen molar-refractivity contribution in [3.63, 3.8) is 0 Å². The molecule has 0 amide bonds. The van der Waals surface area contributed by atoms with E-state index in [9.17, 15) is 13.2 Å². The summed E-state index contributed by atoms with van der Waals surface area (Å²) in [5.41, 5.74) is 5.46. The van der Waals surface area contributed by atoms with Crippen LogP contribution in [0.2, 0.25) is 0 Å². The molecule has 1 aromatic rings. The summed E-state index contributed by atoms with van der Waals surface area (Å²) in [4.78, 5) is 6.74. The van der Waals surface area contributed by atoms with Gasteiger partial charge in [-0.25, -0.2) is 4.98 Å². The first-order chi connectivity index (χ1) is 8.00. The molecule has 2 rings (SSSR count). The van der Waals surface area contributed by atoms with E-state index in [1.165, 1.54) is 11.3 Å². The molecule has 3 nitrogen and oxygen atoms in total. The fourth-order valence-corrected chi connectivity index (χ4v) is 2.78. The maximum atomic E-state index is 12.6. The minimum Gasteiger partial charge on any atom is -0.347 e. The number of nitrogens with zero attached hydrogens (tertiary/aromatic N) is 2. The number of thiazole rings is 1. The van der Waals surface area contributed by atoms with Crippen LogP contribution in [-0.2, 0) is 6.54 Å². The van der Waals surface area contributed by atoms with E-state index in [1.807, 2.05) is 0 Å². The van der Waals surface area contributed by atoms with E-state index < -0.39 is 12.1 Å². The Bertz CT molecular complexity index is 377. The highest BCUT2D eigenvalue weighted by Crippen LogP contribution is 2.35. The molecular formula is C10H14F3N3S. The predicted octanol–water partition coefficient (Wildman–Crippen LogP) is 2.38. The molecule has 1 aliphatic heterocycles. The Morgan fingerprint density at radius 1 is 1.53 bits per heavy atom. The number of piperidine rings is 1. The van der Waals surface area contributed by atoms with E-state index in [-0.39, 0.29) is 13.0 Å². The summed E-state index contributed by atoms with van der Waals surface area (Å²) in [5.74, 6) is -1.23. The van der Waals surface area contributed by atoms with E-state index in [0.29, 0.717) is 24.6 Å². The standard InChI is InChI=1S/C10H14F3N3S/c11-10(12,13)7-2-1-3-16(6-7)9-15-5-8(4-14)17-9/h5,7H,1-4,6,14H2. The molecule has 7 heteroatoms. The minimum absolute atomic E-state index is 0.0149. The molecule has 1 saturated heterocycles. The van der Waals surface area contributed by atoms with Gasteiger partial charge in [0.25, 0.3) is 0 Å². The number of aromatic nitrogens is 1. The average Bonchev–Trinajstić information content (AvgIpc) is 2.76. The van der Waals surface area contributed by atoms with Crippen molar-refractivity contribution in [2.45, 2.75) is 25.6 Å². The van der Waals surface area contributed by atoms with Gasteiger partial charge in [0.2, 0.25) is 0 Å².